The molecule has 0 aliphatic carbocycles. The number of halogens is 1. The number of nitrogens with zero attached hydrogens (tertiary/aromatic N) is 4. The number of hydrogen-bond acceptors (Lipinski definition) is 7. The topological polar surface area (TPSA) is 88.4 Å². The lowest BCUT2D eigenvalue weighted by Crippen LogP contribution is -2.41. The van der Waals surface area contributed by atoms with Crippen LogP contribution in [-0.4, -0.2) is 63.4 Å². The average Bonchev–Trinajstić information content (AvgIpc) is 2.93. The number of carboxylic acid groups (broad SMARTS) is 1. The van der Waals surface area contributed by atoms with Crippen LogP contribution in [0.5, 0.6) is 5.75 Å². The number of rotatable bonds is 13. The number of pyridine rings is 1. The standard InChI is InChI=1S/C28H35FN4O3S/c1-36-22-6-8-26-24(18-22)23(10-14-30-26)25(29)7-4-20-11-16-33(19-21(20)5-9-27(34)35)15-3-17-37-28-31-12-2-13-32-28/h2,6,8,10,12-14,18,20-21,25H,3-5,7,9,11,15-17,19H2,1H3,(H,34,35)/t20-,21-,25-/m1/s1. The first-order valence-corrected chi connectivity index (χ1v) is 13.9. The number of carbonyl (C=O) groups is 1. The summed E-state index contributed by atoms with van der Waals surface area (Å²) in [6.45, 7) is 2.80. The van der Waals surface area contributed by atoms with Crippen molar-refractivity contribution in [2.45, 2.75) is 49.9 Å². The zero-order chi connectivity index (χ0) is 26.0. The molecule has 0 spiro atoms. The predicted molar refractivity (Wildman–Crippen MR) is 144 cm³/mol. The van der Waals surface area contributed by atoms with Gasteiger partial charge in [0.2, 0.25) is 0 Å². The van der Waals surface area contributed by atoms with Gasteiger partial charge in [-0.15, -0.1) is 0 Å². The molecule has 4 rings (SSSR count). The zero-order valence-electron chi connectivity index (χ0n) is 21.3. The molecular formula is C28H35FN4O3S. The second-order valence-corrected chi connectivity index (χ2v) is 10.7. The summed E-state index contributed by atoms with van der Waals surface area (Å²) >= 11 is 1.66. The summed E-state index contributed by atoms with van der Waals surface area (Å²) in [6.07, 6.45) is 8.00. The molecule has 1 aromatic carbocycles. The third kappa shape index (κ3) is 7.85. The molecule has 0 saturated carbocycles. The first kappa shape index (κ1) is 27.3. The van der Waals surface area contributed by atoms with Gasteiger partial charge in [0, 0.05) is 42.7 Å². The van der Waals surface area contributed by atoms with Crippen LogP contribution in [0, 0.1) is 11.8 Å². The van der Waals surface area contributed by atoms with E-state index in [9.17, 15) is 9.90 Å². The van der Waals surface area contributed by atoms with Gasteiger partial charge in [-0.3, -0.25) is 9.78 Å². The Morgan fingerprint density at radius 1 is 1.19 bits per heavy atom. The summed E-state index contributed by atoms with van der Waals surface area (Å²) in [7, 11) is 1.60. The molecule has 3 atom stereocenters. The predicted octanol–water partition coefficient (Wildman–Crippen LogP) is 5.81. The van der Waals surface area contributed by atoms with E-state index in [1.165, 1.54) is 0 Å². The van der Waals surface area contributed by atoms with Gasteiger partial charge < -0.3 is 14.7 Å². The van der Waals surface area contributed by atoms with E-state index >= 15 is 4.39 Å². The monoisotopic (exact) mass is 526 g/mol. The van der Waals surface area contributed by atoms with Crippen LogP contribution in [0.2, 0.25) is 0 Å². The molecule has 9 heteroatoms. The van der Waals surface area contributed by atoms with Gasteiger partial charge in [-0.05, 0) is 92.9 Å². The lowest BCUT2D eigenvalue weighted by Gasteiger charge is -2.39. The molecule has 1 saturated heterocycles. The number of alkyl halides is 1. The van der Waals surface area contributed by atoms with Crippen molar-refractivity contribution in [2.24, 2.45) is 11.8 Å². The van der Waals surface area contributed by atoms with Crippen LogP contribution in [0.4, 0.5) is 4.39 Å². The Labute approximate surface area is 221 Å². The zero-order valence-corrected chi connectivity index (χ0v) is 22.1. The Bertz CT molecular complexity index is 1150. The minimum atomic E-state index is -1.10. The quantitative estimate of drug-likeness (QED) is 0.170. The SMILES string of the molecule is COc1ccc2nccc([C@H](F)CC[C@@H]3CCN(CCCSc4ncccn4)C[C@H]3CCC(=O)O)c2c1. The van der Waals surface area contributed by atoms with Gasteiger partial charge in [0.05, 0.1) is 12.6 Å². The third-order valence-corrected chi connectivity index (χ3v) is 8.17. The molecule has 1 fully saturated rings. The van der Waals surface area contributed by atoms with Crippen LogP contribution in [0.3, 0.4) is 0 Å². The van der Waals surface area contributed by atoms with Gasteiger partial charge in [-0.25, -0.2) is 14.4 Å². The highest BCUT2D eigenvalue weighted by atomic mass is 32.2. The number of piperidine rings is 1. The number of ether oxygens (including phenoxy) is 1. The highest BCUT2D eigenvalue weighted by Gasteiger charge is 2.30. The van der Waals surface area contributed by atoms with Crippen molar-refractivity contribution in [3.05, 3.63) is 54.5 Å². The van der Waals surface area contributed by atoms with Gasteiger partial charge in [-0.2, -0.15) is 0 Å². The van der Waals surface area contributed by atoms with Crippen molar-refractivity contribution < 1.29 is 19.0 Å². The third-order valence-electron chi connectivity index (χ3n) is 7.21. The van der Waals surface area contributed by atoms with Gasteiger partial charge in [-0.1, -0.05) is 11.8 Å². The number of hydrogen-bond donors (Lipinski definition) is 1. The summed E-state index contributed by atoms with van der Waals surface area (Å²) in [5, 5.41) is 10.9. The molecule has 37 heavy (non-hydrogen) atoms. The van der Waals surface area contributed by atoms with Crippen molar-refractivity contribution in [1.29, 1.82) is 0 Å². The Morgan fingerprint density at radius 2 is 2.03 bits per heavy atom. The molecule has 3 aromatic rings. The maximum atomic E-state index is 15.5. The molecule has 0 bridgehead atoms. The number of aliphatic carboxylic acids is 1. The van der Waals surface area contributed by atoms with E-state index in [0.717, 1.165) is 60.7 Å². The van der Waals surface area contributed by atoms with Gasteiger partial charge >= 0.3 is 5.97 Å². The van der Waals surface area contributed by atoms with Crippen molar-refractivity contribution in [3.63, 3.8) is 0 Å². The minimum Gasteiger partial charge on any atom is -0.497 e. The van der Waals surface area contributed by atoms with E-state index in [2.05, 4.69) is 19.9 Å². The Balaban J connectivity index is 1.32. The molecule has 1 N–H and O–H groups in total. The molecule has 0 amide bonds. The molecule has 198 valence electrons. The van der Waals surface area contributed by atoms with E-state index < -0.39 is 12.1 Å². The number of likely N-dealkylation sites (tertiary alicyclic amines) is 1. The van der Waals surface area contributed by atoms with Crippen LogP contribution in [-0.2, 0) is 4.79 Å². The maximum Gasteiger partial charge on any atom is 0.303 e. The Kier molecular flexibility index (Phi) is 10.1. The molecule has 3 heterocycles. The second-order valence-electron chi connectivity index (χ2n) is 9.60. The molecule has 7 nitrogen and oxygen atoms in total. The van der Waals surface area contributed by atoms with Crippen molar-refractivity contribution in [2.75, 3.05) is 32.5 Å². The van der Waals surface area contributed by atoms with Gasteiger partial charge in [0.1, 0.15) is 11.9 Å². The van der Waals surface area contributed by atoms with Crippen molar-refractivity contribution in [1.82, 2.24) is 19.9 Å². The normalized spacial score (nSPS) is 19.1. The van der Waals surface area contributed by atoms with Crippen molar-refractivity contribution in [3.8, 4) is 5.75 Å². The Hall–Kier alpha value is -2.78. The summed E-state index contributed by atoms with van der Waals surface area (Å²) < 4.78 is 20.9. The highest BCUT2D eigenvalue weighted by molar-refractivity contribution is 7.99. The van der Waals surface area contributed by atoms with Crippen LogP contribution >= 0.6 is 11.8 Å². The van der Waals surface area contributed by atoms with E-state index in [1.54, 1.807) is 43.5 Å². The summed E-state index contributed by atoms with van der Waals surface area (Å²) in [5.74, 6) is 1.44. The number of benzene rings is 1. The van der Waals surface area contributed by atoms with E-state index in [-0.39, 0.29) is 12.3 Å². The van der Waals surface area contributed by atoms with Gasteiger partial charge in [0.15, 0.2) is 5.16 Å². The second kappa shape index (κ2) is 13.7. The minimum absolute atomic E-state index is 0.157. The van der Waals surface area contributed by atoms with E-state index in [1.807, 2.05) is 24.3 Å². The number of carboxylic acids is 1. The summed E-state index contributed by atoms with van der Waals surface area (Å²) in [6, 6.07) is 9.11. The molecular weight excluding hydrogens is 491 g/mol. The van der Waals surface area contributed by atoms with E-state index in [0.29, 0.717) is 30.1 Å². The van der Waals surface area contributed by atoms with Crippen molar-refractivity contribution >= 4 is 28.6 Å². The fraction of sp³-hybridized carbons (Fsp3) is 0.500. The lowest BCUT2D eigenvalue weighted by molar-refractivity contribution is -0.137. The highest BCUT2D eigenvalue weighted by Crippen LogP contribution is 2.36. The number of fused-ring (bicyclic) bond motifs is 1. The van der Waals surface area contributed by atoms with Crippen LogP contribution < -0.4 is 4.74 Å². The first-order valence-electron chi connectivity index (χ1n) is 12.9. The summed E-state index contributed by atoms with van der Waals surface area (Å²) in [4.78, 5) is 26.6. The van der Waals surface area contributed by atoms with E-state index in [4.69, 9.17) is 4.74 Å². The molecule has 0 radical (unpaired) electrons. The first-order chi connectivity index (χ1) is 18.0. The molecule has 1 aliphatic heterocycles. The number of aromatic nitrogens is 3. The largest absolute Gasteiger partial charge is 0.497 e. The van der Waals surface area contributed by atoms with Crippen LogP contribution in [0.15, 0.2) is 54.1 Å². The fourth-order valence-electron chi connectivity index (χ4n) is 5.25. The smallest absolute Gasteiger partial charge is 0.303 e. The molecule has 1 aliphatic rings. The average molecular weight is 527 g/mol. The van der Waals surface area contributed by atoms with Crippen LogP contribution in [0.1, 0.15) is 50.3 Å². The summed E-state index contributed by atoms with van der Waals surface area (Å²) in [5.41, 5.74) is 1.40. The van der Waals surface area contributed by atoms with Gasteiger partial charge in [0.25, 0.3) is 0 Å². The number of methoxy groups -OCH3 is 1. The number of thioether (sulfide) groups is 1. The fourth-order valence-corrected chi connectivity index (χ4v) is 5.98. The maximum absolute atomic E-state index is 15.5. The Morgan fingerprint density at radius 3 is 2.81 bits per heavy atom. The lowest BCUT2D eigenvalue weighted by atomic mass is 9.79. The van der Waals surface area contributed by atoms with Crippen LogP contribution in [0.25, 0.3) is 10.9 Å². The molecule has 0 unspecified atom stereocenters. The molecule has 2 aromatic heterocycles.